The van der Waals surface area contributed by atoms with E-state index < -0.39 is 36.4 Å². The number of carbonyl (C=O) groups is 3. The molecule has 206 valence electrons. The molecule has 1 aliphatic heterocycles. The predicted molar refractivity (Wildman–Crippen MR) is 148 cm³/mol. The van der Waals surface area contributed by atoms with Crippen LogP contribution in [0.15, 0.2) is 72.4 Å². The van der Waals surface area contributed by atoms with Crippen LogP contribution >= 0.6 is 11.3 Å². The van der Waals surface area contributed by atoms with Gasteiger partial charge in [-0.25, -0.2) is 9.59 Å². The number of benzene rings is 2. The Balaban J connectivity index is 1.54. The van der Waals surface area contributed by atoms with Crippen molar-refractivity contribution in [2.24, 2.45) is 5.92 Å². The molecule has 3 aromatic rings. The minimum atomic E-state index is -1.08. The predicted octanol–water partition coefficient (Wildman–Crippen LogP) is 3.92. The zero-order valence-electron chi connectivity index (χ0n) is 22.0. The molecular weight excluding hydrogens is 516 g/mol. The van der Waals surface area contributed by atoms with E-state index in [1.165, 1.54) is 16.2 Å². The van der Waals surface area contributed by atoms with E-state index in [9.17, 15) is 19.5 Å². The Morgan fingerprint density at radius 2 is 1.72 bits per heavy atom. The molecule has 1 aromatic heterocycles. The molecule has 2 heterocycles. The number of hydrogen-bond acceptors (Lipinski definition) is 7. The van der Waals surface area contributed by atoms with Crippen molar-refractivity contribution in [3.8, 4) is 0 Å². The first kappa shape index (κ1) is 28.3. The lowest BCUT2D eigenvalue weighted by Gasteiger charge is -2.31. The maximum Gasteiger partial charge on any atom is 0.407 e. The van der Waals surface area contributed by atoms with Crippen LogP contribution in [0, 0.1) is 5.92 Å². The number of aliphatic hydroxyl groups excluding tert-OH is 1. The standard InChI is InChI=1S/C29H34N4O5S/c1-19(2)26-27(35)33(28(36)32-26)22(13-20-9-5-3-6-10-20)15-25(34)24(14-21-11-7-4-8-12-21)31-29(37)38-17-23-16-30-18-39-23/h3-12,16,18-19,22,24-26,34H,13-15,17H2,1-2H3,(H,31,37)(H,32,36). The van der Waals surface area contributed by atoms with Crippen molar-refractivity contribution < 1.29 is 24.2 Å². The number of amides is 4. The van der Waals surface area contributed by atoms with E-state index in [1.54, 1.807) is 11.7 Å². The summed E-state index contributed by atoms with van der Waals surface area (Å²) in [7, 11) is 0. The first-order valence-electron chi connectivity index (χ1n) is 13.0. The summed E-state index contributed by atoms with van der Waals surface area (Å²) >= 11 is 1.38. The third-order valence-corrected chi connectivity index (χ3v) is 7.51. The fraction of sp³-hybridized carbons (Fsp3) is 0.379. The van der Waals surface area contributed by atoms with E-state index in [0.717, 1.165) is 16.0 Å². The van der Waals surface area contributed by atoms with Gasteiger partial charge in [0.25, 0.3) is 5.91 Å². The minimum Gasteiger partial charge on any atom is -0.444 e. The molecule has 4 unspecified atom stereocenters. The topological polar surface area (TPSA) is 121 Å². The Morgan fingerprint density at radius 3 is 2.28 bits per heavy atom. The Morgan fingerprint density at radius 1 is 1.08 bits per heavy atom. The fourth-order valence-corrected chi connectivity index (χ4v) is 5.22. The maximum absolute atomic E-state index is 13.3. The van der Waals surface area contributed by atoms with E-state index in [4.69, 9.17) is 4.74 Å². The Hall–Kier alpha value is -3.76. The quantitative estimate of drug-likeness (QED) is 0.294. The van der Waals surface area contributed by atoms with Gasteiger partial charge in [-0.15, -0.1) is 11.3 Å². The van der Waals surface area contributed by atoms with E-state index in [2.05, 4.69) is 15.6 Å². The first-order chi connectivity index (χ1) is 18.8. The summed E-state index contributed by atoms with van der Waals surface area (Å²) in [4.78, 5) is 45.0. The van der Waals surface area contributed by atoms with Crippen molar-refractivity contribution in [3.05, 3.63) is 88.4 Å². The van der Waals surface area contributed by atoms with Crippen LogP contribution in [0.1, 0.15) is 36.3 Å². The summed E-state index contributed by atoms with van der Waals surface area (Å²) in [5.41, 5.74) is 3.50. The zero-order chi connectivity index (χ0) is 27.8. The smallest absolute Gasteiger partial charge is 0.407 e. The summed E-state index contributed by atoms with van der Waals surface area (Å²) in [6.45, 7) is 3.83. The first-order valence-corrected chi connectivity index (χ1v) is 13.9. The van der Waals surface area contributed by atoms with Gasteiger partial charge in [0, 0.05) is 12.2 Å². The third kappa shape index (κ3) is 7.64. The summed E-state index contributed by atoms with van der Waals surface area (Å²) in [5, 5.41) is 17.1. The number of imide groups is 1. The van der Waals surface area contributed by atoms with Gasteiger partial charge in [-0.05, 0) is 36.3 Å². The molecule has 4 atom stereocenters. The fourth-order valence-electron chi connectivity index (χ4n) is 4.72. The molecule has 0 aliphatic carbocycles. The number of urea groups is 1. The number of alkyl carbamates (subject to hydrolysis) is 1. The number of aliphatic hydroxyl groups is 1. The van der Waals surface area contributed by atoms with Gasteiger partial charge in [0.1, 0.15) is 12.6 Å². The van der Waals surface area contributed by atoms with E-state index in [0.29, 0.717) is 12.8 Å². The highest BCUT2D eigenvalue weighted by atomic mass is 32.1. The molecule has 1 fully saturated rings. The average Bonchev–Trinajstić information content (AvgIpc) is 3.55. The second-order valence-corrected chi connectivity index (χ2v) is 11.0. The lowest BCUT2D eigenvalue weighted by Crippen LogP contribution is -2.50. The monoisotopic (exact) mass is 550 g/mol. The largest absolute Gasteiger partial charge is 0.444 e. The summed E-state index contributed by atoms with van der Waals surface area (Å²) in [6.07, 6.45) is 0.669. The van der Waals surface area contributed by atoms with Crippen LogP contribution in [-0.4, -0.2) is 57.3 Å². The van der Waals surface area contributed by atoms with Crippen LogP contribution in [0.4, 0.5) is 9.59 Å². The molecule has 10 heteroatoms. The molecule has 0 radical (unpaired) electrons. The Bertz CT molecular complexity index is 1220. The van der Waals surface area contributed by atoms with E-state index in [1.807, 2.05) is 74.5 Å². The van der Waals surface area contributed by atoms with Gasteiger partial charge in [0.15, 0.2) is 0 Å². The van der Waals surface area contributed by atoms with E-state index in [-0.39, 0.29) is 24.9 Å². The van der Waals surface area contributed by atoms with Gasteiger partial charge in [-0.2, -0.15) is 0 Å². The number of rotatable bonds is 12. The van der Waals surface area contributed by atoms with Gasteiger partial charge >= 0.3 is 12.1 Å². The van der Waals surface area contributed by atoms with Crippen molar-refractivity contribution >= 4 is 29.4 Å². The molecule has 0 saturated carbocycles. The van der Waals surface area contributed by atoms with Crippen molar-refractivity contribution in [3.63, 3.8) is 0 Å². The Labute approximate surface area is 232 Å². The Kier molecular flexibility index (Phi) is 9.67. The van der Waals surface area contributed by atoms with Gasteiger partial charge in [0.2, 0.25) is 0 Å². The molecule has 1 aliphatic rings. The van der Waals surface area contributed by atoms with Crippen molar-refractivity contribution in [1.82, 2.24) is 20.5 Å². The SMILES string of the molecule is CC(C)C1NC(=O)N(C(Cc2ccccc2)CC(O)C(Cc2ccccc2)NC(=O)OCc2cncs2)C1=O. The molecule has 39 heavy (non-hydrogen) atoms. The van der Waals surface area contributed by atoms with Crippen LogP contribution in [0.2, 0.25) is 0 Å². The maximum atomic E-state index is 13.3. The highest BCUT2D eigenvalue weighted by Crippen LogP contribution is 2.23. The third-order valence-electron chi connectivity index (χ3n) is 6.76. The zero-order valence-corrected chi connectivity index (χ0v) is 22.8. The van der Waals surface area contributed by atoms with Crippen molar-refractivity contribution in [1.29, 1.82) is 0 Å². The number of carbonyl (C=O) groups excluding carboxylic acids is 3. The molecule has 3 N–H and O–H groups in total. The van der Waals surface area contributed by atoms with Crippen LogP contribution in [0.5, 0.6) is 0 Å². The van der Waals surface area contributed by atoms with Crippen LogP contribution in [-0.2, 0) is 29.0 Å². The average molecular weight is 551 g/mol. The van der Waals surface area contributed by atoms with Gasteiger partial charge in [0.05, 0.1) is 22.5 Å². The highest BCUT2D eigenvalue weighted by molar-refractivity contribution is 7.09. The lowest BCUT2D eigenvalue weighted by atomic mass is 9.92. The summed E-state index contributed by atoms with van der Waals surface area (Å²) in [5.74, 6) is -0.380. The van der Waals surface area contributed by atoms with Crippen LogP contribution in [0.3, 0.4) is 0 Å². The molecule has 4 amide bonds. The van der Waals surface area contributed by atoms with Crippen molar-refractivity contribution in [2.75, 3.05) is 0 Å². The van der Waals surface area contributed by atoms with Gasteiger partial charge in [-0.3, -0.25) is 14.7 Å². The molecule has 9 nitrogen and oxygen atoms in total. The normalized spacial score (nSPS) is 17.5. The number of hydrogen-bond donors (Lipinski definition) is 3. The van der Waals surface area contributed by atoms with E-state index >= 15 is 0 Å². The molecule has 0 bridgehead atoms. The second-order valence-electron chi connectivity index (χ2n) is 10.0. The van der Waals surface area contributed by atoms with Crippen LogP contribution < -0.4 is 10.6 Å². The molecule has 4 rings (SSSR count). The molecule has 0 spiro atoms. The number of ether oxygens (including phenoxy) is 1. The highest BCUT2D eigenvalue weighted by Gasteiger charge is 2.44. The number of nitrogens with one attached hydrogen (secondary N) is 2. The van der Waals surface area contributed by atoms with Gasteiger partial charge < -0.3 is 20.5 Å². The molecular formula is C29H34N4O5S. The number of aromatic nitrogens is 1. The molecule has 2 aromatic carbocycles. The minimum absolute atomic E-state index is 0.0698. The number of nitrogens with zero attached hydrogens (tertiary/aromatic N) is 2. The lowest BCUT2D eigenvalue weighted by molar-refractivity contribution is -0.130. The van der Waals surface area contributed by atoms with Crippen LogP contribution in [0.25, 0.3) is 0 Å². The number of thiazole rings is 1. The summed E-state index contributed by atoms with van der Waals surface area (Å²) in [6, 6.07) is 16.6. The molecule has 1 saturated heterocycles. The summed E-state index contributed by atoms with van der Waals surface area (Å²) < 4.78 is 5.36. The van der Waals surface area contributed by atoms with Crippen molar-refractivity contribution in [2.45, 2.75) is 63.9 Å². The second kappa shape index (κ2) is 13.3. The van der Waals surface area contributed by atoms with Gasteiger partial charge in [-0.1, -0.05) is 74.5 Å².